The van der Waals surface area contributed by atoms with Crippen LogP contribution in [0.5, 0.6) is 0 Å². The summed E-state index contributed by atoms with van der Waals surface area (Å²) in [5, 5.41) is 3.51. The van der Waals surface area contributed by atoms with Gasteiger partial charge in [0.25, 0.3) is 0 Å². The number of halogens is 1. The van der Waals surface area contributed by atoms with Crippen molar-refractivity contribution in [3.05, 3.63) is 49.7 Å². The van der Waals surface area contributed by atoms with Crippen molar-refractivity contribution < 1.29 is 0 Å². The van der Waals surface area contributed by atoms with E-state index in [0.29, 0.717) is 6.04 Å². The molecule has 16 heavy (non-hydrogen) atoms. The van der Waals surface area contributed by atoms with Gasteiger partial charge < -0.3 is 5.32 Å². The predicted molar refractivity (Wildman–Crippen MR) is 80.3 cm³/mol. The maximum atomic E-state index is 3.51. The van der Waals surface area contributed by atoms with E-state index in [1.54, 1.807) is 0 Å². The smallest absolute Gasteiger partial charge is 0.0578 e. The number of thiophene rings is 1. The van der Waals surface area contributed by atoms with Gasteiger partial charge in [0, 0.05) is 19.0 Å². The molecule has 0 aliphatic heterocycles. The molecule has 2 aromatic rings. The lowest BCUT2D eigenvalue weighted by Crippen LogP contribution is -2.04. The molecule has 0 radical (unpaired) electrons. The van der Waals surface area contributed by atoms with Gasteiger partial charge in [0.15, 0.2) is 0 Å². The Hall–Kier alpha value is -0.550. The normalized spacial score (nSPS) is 12.4. The van der Waals surface area contributed by atoms with Gasteiger partial charge in [-0.1, -0.05) is 0 Å². The molecule has 0 saturated carbocycles. The predicted octanol–water partition coefficient (Wildman–Crippen LogP) is 4.83. The third-order valence-electron chi connectivity index (χ3n) is 2.42. The maximum absolute atomic E-state index is 3.51. The Labute approximate surface area is 114 Å². The first-order valence-electron chi connectivity index (χ1n) is 5.23. The number of hydrogen-bond donors (Lipinski definition) is 1. The van der Waals surface area contributed by atoms with Crippen LogP contribution in [0.1, 0.15) is 22.7 Å². The van der Waals surface area contributed by atoms with Crippen molar-refractivity contribution in [2.75, 3.05) is 5.32 Å². The summed E-state index contributed by atoms with van der Waals surface area (Å²) in [5.74, 6) is 0. The third kappa shape index (κ3) is 2.98. The van der Waals surface area contributed by atoms with Crippen LogP contribution in [0.4, 0.5) is 5.69 Å². The highest BCUT2D eigenvalue weighted by Gasteiger charge is 2.06. The second-order valence-corrected chi connectivity index (χ2v) is 6.39. The van der Waals surface area contributed by atoms with Crippen molar-refractivity contribution in [2.45, 2.75) is 19.9 Å². The lowest BCUT2D eigenvalue weighted by atomic mass is 10.2. The number of benzene rings is 1. The molecule has 1 atom stereocenters. The lowest BCUT2D eigenvalue weighted by Gasteiger charge is -2.13. The average Bonchev–Trinajstić information content (AvgIpc) is 2.68. The Bertz CT molecular complexity index is 461. The van der Waals surface area contributed by atoms with Crippen molar-refractivity contribution in [1.82, 2.24) is 0 Å². The molecule has 0 bridgehead atoms. The summed E-state index contributed by atoms with van der Waals surface area (Å²) < 4.78 is 1.27. The molecule has 1 aromatic heterocycles. The van der Waals surface area contributed by atoms with E-state index in [-0.39, 0.29) is 0 Å². The van der Waals surface area contributed by atoms with Crippen molar-refractivity contribution in [3.8, 4) is 0 Å². The van der Waals surface area contributed by atoms with Crippen LogP contribution >= 0.6 is 33.9 Å². The van der Waals surface area contributed by atoms with Gasteiger partial charge in [-0.3, -0.25) is 0 Å². The Balaban J connectivity index is 2.07. The Morgan fingerprint density at radius 2 is 1.81 bits per heavy atom. The summed E-state index contributed by atoms with van der Waals surface area (Å²) >= 11 is 4.17. The lowest BCUT2D eigenvalue weighted by molar-refractivity contribution is 0.908. The first kappa shape index (κ1) is 11.9. The number of anilines is 1. The molecule has 1 nitrogen and oxygen atoms in total. The SMILES string of the molecule is Cc1ccc(C(C)Nc2ccc(I)cc2)s1. The quantitative estimate of drug-likeness (QED) is 0.787. The van der Waals surface area contributed by atoms with Crippen molar-refractivity contribution in [1.29, 1.82) is 0 Å². The molecule has 0 amide bonds. The van der Waals surface area contributed by atoms with Crippen LogP contribution in [0.25, 0.3) is 0 Å². The fraction of sp³-hybridized carbons (Fsp3) is 0.231. The molecule has 3 heteroatoms. The molecule has 1 N–H and O–H groups in total. The summed E-state index contributed by atoms with van der Waals surface area (Å²) in [5.41, 5.74) is 1.18. The van der Waals surface area contributed by atoms with E-state index >= 15 is 0 Å². The van der Waals surface area contributed by atoms with E-state index < -0.39 is 0 Å². The second-order valence-electron chi connectivity index (χ2n) is 3.82. The number of rotatable bonds is 3. The standard InChI is InChI=1S/C13H14INS/c1-9-3-8-13(16-9)10(2)15-12-6-4-11(14)5-7-12/h3-8,10,15H,1-2H3. The molecule has 0 saturated heterocycles. The Morgan fingerprint density at radius 3 is 2.38 bits per heavy atom. The second kappa shape index (κ2) is 5.19. The van der Waals surface area contributed by atoms with Gasteiger partial charge in [0.1, 0.15) is 0 Å². The van der Waals surface area contributed by atoms with Crippen molar-refractivity contribution >= 4 is 39.6 Å². The zero-order valence-corrected chi connectivity index (χ0v) is 12.3. The molecule has 0 fully saturated rings. The fourth-order valence-electron chi connectivity index (χ4n) is 1.55. The van der Waals surface area contributed by atoms with Gasteiger partial charge in [-0.25, -0.2) is 0 Å². The van der Waals surface area contributed by atoms with Crippen LogP contribution in [0.2, 0.25) is 0 Å². The fourth-order valence-corrected chi connectivity index (χ4v) is 2.79. The molecule has 2 rings (SSSR count). The number of nitrogens with one attached hydrogen (secondary N) is 1. The van der Waals surface area contributed by atoms with Crippen LogP contribution in [-0.2, 0) is 0 Å². The van der Waals surface area contributed by atoms with Crippen LogP contribution in [0.15, 0.2) is 36.4 Å². The van der Waals surface area contributed by atoms with Crippen molar-refractivity contribution in [2.24, 2.45) is 0 Å². The molecule has 1 heterocycles. The molecular formula is C13H14INS. The Morgan fingerprint density at radius 1 is 1.12 bits per heavy atom. The van der Waals surface area contributed by atoms with Gasteiger partial charge in [-0.2, -0.15) is 0 Å². The zero-order chi connectivity index (χ0) is 11.5. The molecule has 0 aliphatic carbocycles. The van der Waals surface area contributed by atoms with E-state index in [0.717, 1.165) is 0 Å². The summed E-state index contributed by atoms with van der Waals surface area (Å²) in [6, 6.07) is 13.2. The zero-order valence-electron chi connectivity index (χ0n) is 9.33. The molecule has 1 aromatic carbocycles. The summed E-state index contributed by atoms with van der Waals surface area (Å²) in [7, 11) is 0. The molecule has 0 spiro atoms. The minimum Gasteiger partial charge on any atom is -0.378 e. The van der Waals surface area contributed by atoms with Crippen LogP contribution in [-0.4, -0.2) is 0 Å². The van der Waals surface area contributed by atoms with E-state index in [1.807, 2.05) is 11.3 Å². The minimum absolute atomic E-state index is 0.374. The van der Waals surface area contributed by atoms with Crippen molar-refractivity contribution in [3.63, 3.8) is 0 Å². The monoisotopic (exact) mass is 343 g/mol. The highest BCUT2D eigenvalue weighted by atomic mass is 127. The van der Waals surface area contributed by atoms with Crippen LogP contribution in [0, 0.1) is 10.5 Å². The highest BCUT2D eigenvalue weighted by Crippen LogP contribution is 2.25. The Kier molecular flexibility index (Phi) is 3.86. The molecule has 1 unspecified atom stereocenters. The van der Waals surface area contributed by atoms with Crippen LogP contribution in [0.3, 0.4) is 0 Å². The maximum Gasteiger partial charge on any atom is 0.0578 e. The van der Waals surface area contributed by atoms with Gasteiger partial charge in [0.2, 0.25) is 0 Å². The van der Waals surface area contributed by atoms with Gasteiger partial charge in [-0.15, -0.1) is 11.3 Å². The largest absolute Gasteiger partial charge is 0.378 e. The molecule has 84 valence electrons. The number of aryl methyl sites for hydroxylation is 1. The molecule has 0 aliphatic rings. The number of hydrogen-bond acceptors (Lipinski definition) is 2. The summed E-state index contributed by atoms with van der Waals surface area (Å²) in [6.45, 7) is 4.34. The van der Waals surface area contributed by atoms with Gasteiger partial charge in [0.05, 0.1) is 6.04 Å². The molecular weight excluding hydrogens is 329 g/mol. The highest BCUT2D eigenvalue weighted by molar-refractivity contribution is 14.1. The van der Waals surface area contributed by atoms with E-state index in [2.05, 4.69) is 78.2 Å². The topological polar surface area (TPSA) is 12.0 Å². The average molecular weight is 343 g/mol. The van der Waals surface area contributed by atoms with Gasteiger partial charge >= 0.3 is 0 Å². The van der Waals surface area contributed by atoms with E-state index in [1.165, 1.54) is 19.0 Å². The van der Waals surface area contributed by atoms with Gasteiger partial charge in [-0.05, 0) is 72.8 Å². The third-order valence-corrected chi connectivity index (χ3v) is 4.32. The summed E-state index contributed by atoms with van der Waals surface area (Å²) in [6.07, 6.45) is 0. The summed E-state index contributed by atoms with van der Waals surface area (Å²) in [4.78, 5) is 2.75. The first-order chi connectivity index (χ1) is 7.65. The minimum atomic E-state index is 0.374. The van der Waals surface area contributed by atoms with Crippen LogP contribution < -0.4 is 5.32 Å². The van der Waals surface area contributed by atoms with E-state index in [9.17, 15) is 0 Å². The first-order valence-corrected chi connectivity index (χ1v) is 7.13. The van der Waals surface area contributed by atoms with E-state index in [4.69, 9.17) is 0 Å².